The van der Waals surface area contributed by atoms with Crippen molar-refractivity contribution in [3.05, 3.63) is 54.6 Å². The molecule has 0 aliphatic rings. The quantitative estimate of drug-likeness (QED) is 0.818. The molecule has 0 saturated carbocycles. The number of aliphatic hydroxyl groups excluding tert-OH is 1. The highest BCUT2D eigenvalue weighted by Crippen LogP contribution is 2.21. The van der Waals surface area contributed by atoms with E-state index in [1.165, 1.54) is 11.1 Å². The summed E-state index contributed by atoms with van der Waals surface area (Å²) in [5, 5.41) is 11.9. The van der Waals surface area contributed by atoms with E-state index in [-0.39, 0.29) is 6.61 Å². The van der Waals surface area contributed by atoms with Gasteiger partial charge in [0.05, 0.1) is 6.61 Å². The molecule has 16 heavy (non-hydrogen) atoms. The number of benzene rings is 2. The van der Waals surface area contributed by atoms with E-state index < -0.39 is 0 Å². The molecule has 0 amide bonds. The third kappa shape index (κ3) is 2.61. The fourth-order valence-electron chi connectivity index (χ4n) is 1.64. The standard InChI is InChI=1S/C14H15NO/c16-10-9-15-14-8-4-7-13(11-14)12-5-2-1-3-6-12/h1-8,11,15-16H,9-10H2. The molecule has 2 N–H and O–H groups in total. The van der Waals surface area contributed by atoms with Crippen LogP contribution in [0.15, 0.2) is 54.6 Å². The average molecular weight is 213 g/mol. The van der Waals surface area contributed by atoms with E-state index in [2.05, 4.69) is 29.6 Å². The van der Waals surface area contributed by atoms with E-state index in [1.54, 1.807) is 0 Å². The topological polar surface area (TPSA) is 32.3 Å². The van der Waals surface area contributed by atoms with Gasteiger partial charge in [-0.15, -0.1) is 0 Å². The summed E-state index contributed by atoms with van der Waals surface area (Å²) in [5.74, 6) is 0. The first-order chi connectivity index (χ1) is 7.90. The molecule has 2 aromatic rings. The fourth-order valence-corrected chi connectivity index (χ4v) is 1.64. The SMILES string of the molecule is OCCNc1cccc(-c2ccccc2)c1. The van der Waals surface area contributed by atoms with Crippen LogP contribution in [0.2, 0.25) is 0 Å². The Hall–Kier alpha value is -1.80. The Morgan fingerprint density at radius 1 is 0.875 bits per heavy atom. The Balaban J connectivity index is 2.22. The van der Waals surface area contributed by atoms with Gasteiger partial charge in [-0.3, -0.25) is 0 Å². The Kier molecular flexibility index (Phi) is 3.57. The van der Waals surface area contributed by atoms with E-state index in [0.717, 1.165) is 5.69 Å². The summed E-state index contributed by atoms with van der Waals surface area (Å²) in [6, 6.07) is 18.4. The molecule has 0 atom stereocenters. The number of hydrogen-bond donors (Lipinski definition) is 2. The van der Waals surface area contributed by atoms with E-state index in [0.29, 0.717) is 6.54 Å². The number of rotatable bonds is 4. The van der Waals surface area contributed by atoms with E-state index >= 15 is 0 Å². The Labute approximate surface area is 95.6 Å². The average Bonchev–Trinajstić information content (AvgIpc) is 2.38. The minimum atomic E-state index is 0.148. The zero-order valence-electron chi connectivity index (χ0n) is 9.06. The maximum atomic E-state index is 8.75. The lowest BCUT2D eigenvalue weighted by atomic mass is 10.1. The van der Waals surface area contributed by atoms with Gasteiger partial charge in [0, 0.05) is 12.2 Å². The van der Waals surface area contributed by atoms with Gasteiger partial charge in [0.25, 0.3) is 0 Å². The van der Waals surface area contributed by atoms with Crippen molar-refractivity contribution in [2.75, 3.05) is 18.5 Å². The minimum Gasteiger partial charge on any atom is -0.395 e. The monoisotopic (exact) mass is 213 g/mol. The summed E-state index contributed by atoms with van der Waals surface area (Å²) in [7, 11) is 0. The summed E-state index contributed by atoms with van der Waals surface area (Å²) < 4.78 is 0. The summed E-state index contributed by atoms with van der Waals surface area (Å²) in [6.45, 7) is 0.730. The van der Waals surface area contributed by atoms with Crippen LogP contribution in [0.4, 0.5) is 5.69 Å². The van der Waals surface area contributed by atoms with Crippen LogP contribution in [0, 0.1) is 0 Å². The molecule has 82 valence electrons. The summed E-state index contributed by atoms with van der Waals surface area (Å²) in [4.78, 5) is 0. The molecule has 2 nitrogen and oxygen atoms in total. The van der Waals surface area contributed by atoms with Crippen LogP contribution in [-0.2, 0) is 0 Å². The highest BCUT2D eigenvalue weighted by Gasteiger charge is 1.97. The van der Waals surface area contributed by atoms with Gasteiger partial charge in [-0.2, -0.15) is 0 Å². The first-order valence-electron chi connectivity index (χ1n) is 5.40. The van der Waals surface area contributed by atoms with Crippen LogP contribution in [-0.4, -0.2) is 18.3 Å². The normalized spacial score (nSPS) is 10.1. The third-order valence-corrected chi connectivity index (χ3v) is 2.41. The predicted octanol–water partition coefficient (Wildman–Crippen LogP) is 2.76. The molecule has 0 saturated heterocycles. The minimum absolute atomic E-state index is 0.148. The molecule has 0 unspecified atom stereocenters. The molecule has 0 bridgehead atoms. The van der Waals surface area contributed by atoms with E-state index in [4.69, 9.17) is 5.11 Å². The summed E-state index contributed by atoms with van der Waals surface area (Å²) in [5.41, 5.74) is 3.43. The second-order valence-corrected chi connectivity index (χ2v) is 3.60. The van der Waals surface area contributed by atoms with Crippen LogP contribution in [0.25, 0.3) is 11.1 Å². The van der Waals surface area contributed by atoms with Gasteiger partial charge in [-0.25, -0.2) is 0 Å². The molecule has 0 aromatic heterocycles. The predicted molar refractivity (Wildman–Crippen MR) is 67.5 cm³/mol. The summed E-state index contributed by atoms with van der Waals surface area (Å²) >= 11 is 0. The van der Waals surface area contributed by atoms with E-state index in [1.807, 2.05) is 30.3 Å². The smallest absolute Gasteiger partial charge is 0.0604 e. The molecular weight excluding hydrogens is 198 g/mol. The maximum Gasteiger partial charge on any atom is 0.0604 e. The molecule has 2 aromatic carbocycles. The number of aliphatic hydroxyl groups is 1. The number of hydrogen-bond acceptors (Lipinski definition) is 2. The van der Waals surface area contributed by atoms with Gasteiger partial charge < -0.3 is 10.4 Å². The van der Waals surface area contributed by atoms with Gasteiger partial charge in [0.2, 0.25) is 0 Å². The molecule has 0 radical (unpaired) electrons. The molecule has 2 heteroatoms. The van der Waals surface area contributed by atoms with Gasteiger partial charge in [0.1, 0.15) is 0 Å². The molecule has 0 fully saturated rings. The number of nitrogens with one attached hydrogen (secondary N) is 1. The van der Waals surface area contributed by atoms with Crippen LogP contribution >= 0.6 is 0 Å². The van der Waals surface area contributed by atoms with Crippen molar-refractivity contribution in [1.29, 1.82) is 0 Å². The third-order valence-electron chi connectivity index (χ3n) is 2.41. The molecule has 0 aliphatic carbocycles. The zero-order valence-corrected chi connectivity index (χ0v) is 9.06. The molecule has 0 aliphatic heterocycles. The van der Waals surface area contributed by atoms with Gasteiger partial charge in [-0.05, 0) is 23.3 Å². The first kappa shape index (κ1) is 10.7. The molecule has 2 rings (SSSR count). The van der Waals surface area contributed by atoms with Crippen molar-refractivity contribution in [3.8, 4) is 11.1 Å². The molecule has 0 heterocycles. The zero-order chi connectivity index (χ0) is 11.2. The Bertz CT molecular complexity index is 439. The summed E-state index contributed by atoms with van der Waals surface area (Å²) in [6.07, 6.45) is 0. The van der Waals surface area contributed by atoms with Gasteiger partial charge in [-0.1, -0.05) is 42.5 Å². The van der Waals surface area contributed by atoms with Crippen LogP contribution in [0.3, 0.4) is 0 Å². The molecule has 0 spiro atoms. The van der Waals surface area contributed by atoms with Crippen molar-refractivity contribution in [2.24, 2.45) is 0 Å². The fraction of sp³-hybridized carbons (Fsp3) is 0.143. The Morgan fingerprint density at radius 2 is 1.62 bits per heavy atom. The molecular formula is C14H15NO. The van der Waals surface area contributed by atoms with Crippen LogP contribution in [0.1, 0.15) is 0 Å². The van der Waals surface area contributed by atoms with Crippen molar-refractivity contribution < 1.29 is 5.11 Å². The largest absolute Gasteiger partial charge is 0.395 e. The lowest BCUT2D eigenvalue weighted by Gasteiger charge is -2.07. The lowest BCUT2D eigenvalue weighted by Crippen LogP contribution is -2.05. The maximum absolute atomic E-state index is 8.75. The number of anilines is 1. The van der Waals surface area contributed by atoms with E-state index in [9.17, 15) is 0 Å². The second-order valence-electron chi connectivity index (χ2n) is 3.60. The van der Waals surface area contributed by atoms with Crippen LogP contribution in [0.5, 0.6) is 0 Å². The van der Waals surface area contributed by atoms with Crippen LogP contribution < -0.4 is 5.32 Å². The van der Waals surface area contributed by atoms with Crippen molar-refractivity contribution in [3.63, 3.8) is 0 Å². The highest BCUT2D eigenvalue weighted by molar-refractivity contribution is 5.67. The first-order valence-corrected chi connectivity index (χ1v) is 5.40. The highest BCUT2D eigenvalue weighted by atomic mass is 16.3. The van der Waals surface area contributed by atoms with Crippen molar-refractivity contribution >= 4 is 5.69 Å². The van der Waals surface area contributed by atoms with Crippen molar-refractivity contribution in [2.45, 2.75) is 0 Å². The lowest BCUT2D eigenvalue weighted by molar-refractivity contribution is 0.311. The van der Waals surface area contributed by atoms with Gasteiger partial charge in [0.15, 0.2) is 0 Å². The second kappa shape index (κ2) is 5.33. The van der Waals surface area contributed by atoms with Gasteiger partial charge >= 0.3 is 0 Å². The van der Waals surface area contributed by atoms with Crippen molar-refractivity contribution in [1.82, 2.24) is 0 Å². The Morgan fingerprint density at radius 3 is 2.38 bits per heavy atom.